The smallest absolute Gasteiger partial charge is 0.243 e. The van der Waals surface area contributed by atoms with Gasteiger partial charge in [-0.1, -0.05) is 13.0 Å². The highest BCUT2D eigenvalue weighted by molar-refractivity contribution is 5.49. The van der Waals surface area contributed by atoms with Crippen molar-refractivity contribution in [2.75, 3.05) is 31.5 Å². The Labute approximate surface area is 120 Å². The zero-order valence-electron chi connectivity index (χ0n) is 12.3. The summed E-state index contributed by atoms with van der Waals surface area (Å²) in [6.45, 7) is 8.90. The molecule has 1 fully saturated rings. The van der Waals surface area contributed by atoms with E-state index in [4.69, 9.17) is 0 Å². The normalized spacial score (nSPS) is 17.7. The summed E-state index contributed by atoms with van der Waals surface area (Å²) >= 11 is 0. The first-order chi connectivity index (χ1) is 9.76. The van der Waals surface area contributed by atoms with Gasteiger partial charge >= 0.3 is 0 Å². The van der Waals surface area contributed by atoms with Gasteiger partial charge in [-0.25, -0.2) is 4.52 Å². The molecule has 0 atom stereocenters. The highest BCUT2D eigenvalue weighted by atomic mass is 15.3. The Morgan fingerprint density at radius 1 is 1.35 bits per heavy atom. The highest BCUT2D eigenvalue weighted by Gasteiger charge is 2.18. The Kier molecular flexibility index (Phi) is 3.87. The Hall–Kier alpha value is -1.62. The molecule has 0 aliphatic carbocycles. The van der Waals surface area contributed by atoms with Gasteiger partial charge < -0.3 is 10.2 Å². The average Bonchev–Trinajstić information content (AvgIpc) is 2.90. The fraction of sp³-hybridized carbons (Fsp3) is 0.600. The second kappa shape index (κ2) is 5.79. The van der Waals surface area contributed by atoms with E-state index in [2.05, 4.69) is 40.2 Å². The lowest BCUT2D eigenvalue weighted by atomic mass is 9.97. The van der Waals surface area contributed by atoms with Crippen LogP contribution in [-0.2, 0) is 0 Å². The van der Waals surface area contributed by atoms with Crippen molar-refractivity contribution in [2.45, 2.75) is 26.7 Å². The average molecular weight is 273 g/mol. The van der Waals surface area contributed by atoms with E-state index in [-0.39, 0.29) is 0 Å². The molecule has 2 aromatic rings. The van der Waals surface area contributed by atoms with E-state index in [1.165, 1.54) is 32.5 Å². The minimum Gasteiger partial charge on any atom is -0.353 e. The number of likely N-dealkylation sites (tertiary alicyclic amines) is 1. The summed E-state index contributed by atoms with van der Waals surface area (Å²) < 4.78 is 1.84. The van der Waals surface area contributed by atoms with Crippen LogP contribution in [0.25, 0.3) is 5.65 Å². The van der Waals surface area contributed by atoms with Crippen molar-refractivity contribution in [2.24, 2.45) is 5.92 Å². The van der Waals surface area contributed by atoms with E-state index in [9.17, 15) is 0 Å². The van der Waals surface area contributed by atoms with Gasteiger partial charge in [-0.3, -0.25) is 0 Å². The Bertz CT molecular complexity index is 569. The molecule has 0 saturated carbocycles. The fourth-order valence-electron chi connectivity index (χ4n) is 2.86. The molecule has 1 aliphatic heterocycles. The second-order valence-electron chi connectivity index (χ2n) is 5.65. The lowest BCUT2D eigenvalue weighted by Crippen LogP contribution is -2.35. The molecule has 2 aromatic heterocycles. The van der Waals surface area contributed by atoms with E-state index in [1.54, 1.807) is 0 Å². The second-order valence-corrected chi connectivity index (χ2v) is 5.65. The van der Waals surface area contributed by atoms with Crippen LogP contribution in [0.15, 0.2) is 18.3 Å². The Balaban J connectivity index is 1.59. The quantitative estimate of drug-likeness (QED) is 0.927. The lowest BCUT2D eigenvalue weighted by Gasteiger charge is -2.30. The summed E-state index contributed by atoms with van der Waals surface area (Å²) in [5.41, 5.74) is 2.10. The molecule has 0 amide bonds. The van der Waals surface area contributed by atoms with Gasteiger partial charge in [0.05, 0.1) is 0 Å². The van der Waals surface area contributed by atoms with Gasteiger partial charge in [-0.15, -0.1) is 5.10 Å². The van der Waals surface area contributed by atoms with Gasteiger partial charge in [0.2, 0.25) is 5.95 Å². The molecule has 3 rings (SSSR count). The van der Waals surface area contributed by atoms with Crippen molar-refractivity contribution in [3.05, 3.63) is 23.9 Å². The third kappa shape index (κ3) is 2.77. The van der Waals surface area contributed by atoms with Crippen LogP contribution in [0.2, 0.25) is 0 Å². The summed E-state index contributed by atoms with van der Waals surface area (Å²) in [5, 5.41) is 7.88. The van der Waals surface area contributed by atoms with Crippen LogP contribution >= 0.6 is 0 Å². The van der Waals surface area contributed by atoms with Crippen molar-refractivity contribution >= 4 is 11.6 Å². The topological polar surface area (TPSA) is 45.5 Å². The number of rotatable bonds is 4. The minimum absolute atomic E-state index is 0.741. The third-order valence-electron chi connectivity index (χ3n) is 4.26. The molecule has 0 aromatic carbocycles. The van der Waals surface area contributed by atoms with E-state index >= 15 is 0 Å². The number of nitrogens with one attached hydrogen (secondary N) is 1. The SMILES string of the molecule is CCN1CCC(CNc2nc3c(C)cccn3n2)CC1. The summed E-state index contributed by atoms with van der Waals surface area (Å²) in [4.78, 5) is 7.07. The maximum Gasteiger partial charge on any atom is 0.243 e. The van der Waals surface area contributed by atoms with E-state index in [0.29, 0.717) is 0 Å². The number of pyridine rings is 1. The summed E-state index contributed by atoms with van der Waals surface area (Å²) in [6.07, 6.45) is 4.49. The van der Waals surface area contributed by atoms with E-state index in [0.717, 1.165) is 29.6 Å². The lowest BCUT2D eigenvalue weighted by molar-refractivity contribution is 0.198. The van der Waals surface area contributed by atoms with Crippen LogP contribution in [-0.4, -0.2) is 45.7 Å². The van der Waals surface area contributed by atoms with Gasteiger partial charge in [-0.05, 0) is 56.9 Å². The molecule has 0 spiro atoms. The van der Waals surface area contributed by atoms with Crippen molar-refractivity contribution in [1.29, 1.82) is 0 Å². The molecule has 108 valence electrons. The van der Waals surface area contributed by atoms with Crippen LogP contribution in [0, 0.1) is 12.8 Å². The van der Waals surface area contributed by atoms with Crippen LogP contribution in [0.4, 0.5) is 5.95 Å². The number of nitrogens with zero attached hydrogens (tertiary/aromatic N) is 4. The van der Waals surface area contributed by atoms with Crippen LogP contribution < -0.4 is 5.32 Å². The van der Waals surface area contributed by atoms with Crippen molar-refractivity contribution in [1.82, 2.24) is 19.5 Å². The zero-order chi connectivity index (χ0) is 13.9. The Morgan fingerprint density at radius 3 is 2.85 bits per heavy atom. The predicted octanol–water partition coefficient (Wildman–Crippen LogP) is 2.18. The molecule has 0 radical (unpaired) electrons. The van der Waals surface area contributed by atoms with Crippen LogP contribution in [0.1, 0.15) is 25.3 Å². The minimum atomic E-state index is 0.741. The Morgan fingerprint density at radius 2 is 2.15 bits per heavy atom. The number of aromatic nitrogens is 3. The molecule has 3 heterocycles. The van der Waals surface area contributed by atoms with Gasteiger partial charge in [-0.2, -0.15) is 4.98 Å². The van der Waals surface area contributed by atoms with Crippen LogP contribution in [0.3, 0.4) is 0 Å². The summed E-state index contributed by atoms with van der Waals surface area (Å²) in [7, 11) is 0. The van der Waals surface area contributed by atoms with E-state index < -0.39 is 0 Å². The molecule has 5 heteroatoms. The standard InChI is InChI=1S/C15H23N5/c1-3-19-9-6-13(7-10-19)11-16-15-17-14-12(2)5-4-8-20(14)18-15/h4-5,8,13H,3,6-7,9-11H2,1-2H3,(H,16,18). The monoisotopic (exact) mass is 273 g/mol. The first kappa shape index (κ1) is 13.4. The number of fused-ring (bicyclic) bond motifs is 1. The largest absolute Gasteiger partial charge is 0.353 e. The molecule has 20 heavy (non-hydrogen) atoms. The third-order valence-corrected chi connectivity index (χ3v) is 4.26. The van der Waals surface area contributed by atoms with Crippen molar-refractivity contribution in [3.63, 3.8) is 0 Å². The maximum absolute atomic E-state index is 4.56. The van der Waals surface area contributed by atoms with Crippen molar-refractivity contribution < 1.29 is 0 Å². The molecule has 0 bridgehead atoms. The number of piperidine rings is 1. The summed E-state index contributed by atoms with van der Waals surface area (Å²) in [5.74, 6) is 1.49. The summed E-state index contributed by atoms with van der Waals surface area (Å²) in [6, 6.07) is 4.07. The fourth-order valence-corrected chi connectivity index (χ4v) is 2.86. The number of aryl methyl sites for hydroxylation is 1. The number of hydrogen-bond donors (Lipinski definition) is 1. The molecule has 1 N–H and O–H groups in total. The maximum atomic E-state index is 4.56. The first-order valence-corrected chi connectivity index (χ1v) is 7.54. The molecule has 5 nitrogen and oxygen atoms in total. The zero-order valence-corrected chi connectivity index (χ0v) is 12.3. The van der Waals surface area contributed by atoms with Crippen LogP contribution in [0.5, 0.6) is 0 Å². The first-order valence-electron chi connectivity index (χ1n) is 7.54. The molecule has 0 unspecified atom stereocenters. The predicted molar refractivity (Wildman–Crippen MR) is 81.1 cm³/mol. The van der Waals surface area contributed by atoms with Gasteiger partial charge in [0.1, 0.15) is 0 Å². The highest BCUT2D eigenvalue weighted by Crippen LogP contribution is 2.17. The number of anilines is 1. The van der Waals surface area contributed by atoms with Crippen molar-refractivity contribution in [3.8, 4) is 0 Å². The molecular weight excluding hydrogens is 250 g/mol. The molecule has 1 saturated heterocycles. The number of hydrogen-bond acceptors (Lipinski definition) is 4. The van der Waals surface area contributed by atoms with Gasteiger partial charge in [0.25, 0.3) is 0 Å². The molecular formula is C15H23N5. The van der Waals surface area contributed by atoms with Gasteiger partial charge in [0, 0.05) is 12.7 Å². The van der Waals surface area contributed by atoms with Gasteiger partial charge in [0.15, 0.2) is 5.65 Å². The van der Waals surface area contributed by atoms with E-state index in [1.807, 2.05) is 16.8 Å². The molecule has 1 aliphatic rings.